The van der Waals surface area contributed by atoms with Crippen molar-refractivity contribution in [1.82, 2.24) is 9.97 Å². The maximum Gasteiger partial charge on any atom is 0.142 e. The molecule has 0 saturated heterocycles. The topological polar surface area (TPSA) is 46.0 Å². The average molecular weight is 311 g/mol. The molecule has 2 heterocycles. The van der Waals surface area contributed by atoms with Gasteiger partial charge in [0.05, 0.1) is 22.4 Å². The van der Waals surface area contributed by atoms with Crippen molar-refractivity contribution in [2.24, 2.45) is 0 Å². The van der Waals surface area contributed by atoms with E-state index in [0.717, 1.165) is 45.0 Å². The van der Waals surface area contributed by atoms with E-state index >= 15 is 0 Å². The van der Waals surface area contributed by atoms with Gasteiger partial charge in [0.2, 0.25) is 0 Å². The third kappa shape index (κ3) is 2.14. The Kier molecular flexibility index (Phi) is 2.98. The summed E-state index contributed by atoms with van der Waals surface area (Å²) in [4.78, 5) is 9.94. The molecule has 1 N–H and O–H groups in total. The third-order valence-corrected chi connectivity index (χ3v) is 4.56. The van der Waals surface area contributed by atoms with E-state index in [1.807, 2.05) is 12.1 Å². The van der Waals surface area contributed by atoms with Gasteiger partial charge in [0, 0.05) is 10.7 Å². The van der Waals surface area contributed by atoms with Gasteiger partial charge >= 0.3 is 0 Å². The van der Waals surface area contributed by atoms with Gasteiger partial charge in [-0.25, -0.2) is 4.98 Å². The maximum absolute atomic E-state index is 9.91. The van der Waals surface area contributed by atoms with Gasteiger partial charge in [-0.05, 0) is 47.3 Å². The molecule has 0 radical (unpaired) electrons. The van der Waals surface area contributed by atoms with Crippen molar-refractivity contribution in [3.8, 4) is 10.7 Å². The lowest BCUT2D eigenvalue weighted by Gasteiger charge is -2.14. The Balaban J connectivity index is 2.02. The molecule has 3 nitrogen and oxygen atoms in total. The molecule has 0 aromatic carbocycles. The molecule has 0 spiro atoms. The molecule has 2 aromatic rings. The van der Waals surface area contributed by atoms with Crippen molar-refractivity contribution in [1.29, 1.82) is 0 Å². The number of aliphatic hydroxyl groups is 1. The first-order valence-electron chi connectivity index (χ1n) is 5.53. The minimum Gasteiger partial charge on any atom is -0.388 e. The number of fused-ring (bicyclic) bond motifs is 1. The summed E-state index contributed by atoms with van der Waals surface area (Å²) >= 11 is 4.93. The van der Waals surface area contributed by atoms with E-state index in [9.17, 15) is 5.11 Å². The first-order valence-corrected chi connectivity index (χ1v) is 7.14. The third-order valence-electron chi connectivity index (χ3n) is 2.87. The highest BCUT2D eigenvalue weighted by Gasteiger charge is 2.23. The number of rotatable bonds is 1. The molecule has 1 aliphatic rings. The Morgan fingerprint density at radius 1 is 1.41 bits per heavy atom. The molecule has 1 unspecified atom stereocenters. The number of thiazole rings is 1. The Bertz CT molecular complexity index is 538. The molecule has 0 aliphatic heterocycles. The number of halogens is 1. The fourth-order valence-electron chi connectivity index (χ4n) is 2.01. The number of aliphatic hydroxyl groups excluding tert-OH is 1. The van der Waals surface area contributed by atoms with Crippen LogP contribution >= 0.6 is 27.3 Å². The Hall–Kier alpha value is -0.780. The van der Waals surface area contributed by atoms with Crippen LogP contribution in [0, 0.1) is 0 Å². The van der Waals surface area contributed by atoms with Crippen LogP contribution < -0.4 is 0 Å². The average Bonchev–Trinajstić information content (AvgIpc) is 2.75. The van der Waals surface area contributed by atoms with Gasteiger partial charge < -0.3 is 5.11 Å². The molecule has 1 atom stereocenters. The maximum atomic E-state index is 9.91. The number of pyridine rings is 1. The van der Waals surface area contributed by atoms with Crippen LogP contribution in [0.1, 0.15) is 29.5 Å². The molecular formula is C12H11BrN2OS. The zero-order valence-corrected chi connectivity index (χ0v) is 11.5. The highest BCUT2D eigenvalue weighted by atomic mass is 79.9. The fourth-order valence-corrected chi connectivity index (χ4v) is 3.35. The number of hydrogen-bond donors (Lipinski definition) is 1. The normalized spacial score (nSPS) is 19.1. The lowest BCUT2D eigenvalue weighted by molar-refractivity contribution is 0.160. The predicted octanol–water partition coefficient (Wildman–Crippen LogP) is 3.34. The molecule has 17 heavy (non-hydrogen) atoms. The quantitative estimate of drug-likeness (QED) is 0.878. The summed E-state index contributed by atoms with van der Waals surface area (Å²) in [6, 6.07) is 3.90. The Morgan fingerprint density at radius 3 is 3.00 bits per heavy atom. The highest BCUT2D eigenvalue weighted by molar-refractivity contribution is 9.10. The summed E-state index contributed by atoms with van der Waals surface area (Å²) in [5.41, 5.74) is 1.92. The van der Waals surface area contributed by atoms with Crippen molar-refractivity contribution in [3.05, 3.63) is 33.4 Å². The molecule has 0 fully saturated rings. The summed E-state index contributed by atoms with van der Waals surface area (Å²) in [5.74, 6) is 0. The molecule has 0 amide bonds. The molecule has 0 saturated carbocycles. The lowest BCUT2D eigenvalue weighted by Crippen LogP contribution is -2.06. The van der Waals surface area contributed by atoms with Crippen molar-refractivity contribution < 1.29 is 5.11 Å². The number of aryl methyl sites for hydroxylation is 1. The summed E-state index contributed by atoms with van der Waals surface area (Å²) in [6.45, 7) is 0. The van der Waals surface area contributed by atoms with Crippen LogP contribution in [-0.2, 0) is 6.42 Å². The monoisotopic (exact) mass is 310 g/mol. The fraction of sp³-hybridized carbons (Fsp3) is 0.333. The molecule has 0 bridgehead atoms. The van der Waals surface area contributed by atoms with Crippen LogP contribution in [0.2, 0.25) is 0 Å². The number of aromatic nitrogens is 2. The summed E-state index contributed by atoms with van der Waals surface area (Å²) in [7, 11) is 0. The van der Waals surface area contributed by atoms with Gasteiger partial charge in [-0.1, -0.05) is 0 Å². The molecular weight excluding hydrogens is 300 g/mol. The van der Waals surface area contributed by atoms with Crippen LogP contribution in [-0.4, -0.2) is 15.1 Å². The van der Waals surface area contributed by atoms with Crippen molar-refractivity contribution in [2.75, 3.05) is 0 Å². The van der Waals surface area contributed by atoms with Crippen LogP contribution in [0.25, 0.3) is 10.7 Å². The Labute approximate surface area is 112 Å². The van der Waals surface area contributed by atoms with Gasteiger partial charge in [-0.15, -0.1) is 11.3 Å². The van der Waals surface area contributed by atoms with E-state index in [2.05, 4.69) is 25.9 Å². The summed E-state index contributed by atoms with van der Waals surface area (Å²) < 4.78 is 0.961. The zero-order valence-electron chi connectivity index (χ0n) is 9.06. The van der Waals surface area contributed by atoms with Crippen LogP contribution in [0.4, 0.5) is 0 Å². The van der Waals surface area contributed by atoms with Crippen LogP contribution in [0.3, 0.4) is 0 Å². The summed E-state index contributed by atoms with van der Waals surface area (Å²) in [6.07, 6.45) is 4.28. The molecule has 88 valence electrons. The second kappa shape index (κ2) is 4.48. The molecule has 1 aliphatic carbocycles. The largest absolute Gasteiger partial charge is 0.388 e. The first kappa shape index (κ1) is 11.3. The lowest BCUT2D eigenvalue weighted by atomic mass is 10.0. The second-order valence-electron chi connectivity index (χ2n) is 4.10. The van der Waals surface area contributed by atoms with Gasteiger partial charge in [0.15, 0.2) is 0 Å². The first-order chi connectivity index (χ1) is 8.24. The molecule has 3 rings (SSSR count). The van der Waals surface area contributed by atoms with Gasteiger partial charge in [-0.3, -0.25) is 4.98 Å². The minimum atomic E-state index is -0.333. The standard InChI is InChI=1S/C12H11BrN2OS/c13-7-4-5-9(14-6-7)12-15-8-2-1-3-10(16)11(8)17-12/h4-6,10,16H,1-3H2. The van der Waals surface area contributed by atoms with E-state index < -0.39 is 0 Å². The smallest absolute Gasteiger partial charge is 0.142 e. The number of hydrogen-bond acceptors (Lipinski definition) is 4. The van der Waals surface area contributed by atoms with Gasteiger partial charge in [-0.2, -0.15) is 0 Å². The summed E-state index contributed by atoms with van der Waals surface area (Å²) in [5, 5.41) is 10.8. The minimum absolute atomic E-state index is 0.333. The molecule has 5 heteroatoms. The van der Waals surface area contributed by atoms with E-state index in [1.54, 1.807) is 17.5 Å². The molecule has 2 aromatic heterocycles. The van der Waals surface area contributed by atoms with Gasteiger partial charge in [0.1, 0.15) is 5.01 Å². The Morgan fingerprint density at radius 2 is 2.29 bits per heavy atom. The number of nitrogens with zero attached hydrogens (tertiary/aromatic N) is 2. The van der Waals surface area contributed by atoms with Crippen LogP contribution in [0.15, 0.2) is 22.8 Å². The zero-order chi connectivity index (χ0) is 11.8. The van der Waals surface area contributed by atoms with Crippen molar-refractivity contribution >= 4 is 27.3 Å². The van der Waals surface area contributed by atoms with Crippen LogP contribution in [0.5, 0.6) is 0 Å². The van der Waals surface area contributed by atoms with Gasteiger partial charge in [0.25, 0.3) is 0 Å². The van der Waals surface area contributed by atoms with E-state index in [-0.39, 0.29) is 6.10 Å². The SMILES string of the molecule is OC1CCCc2nc(-c3ccc(Br)cn3)sc21. The second-order valence-corrected chi connectivity index (χ2v) is 6.05. The van der Waals surface area contributed by atoms with E-state index in [1.165, 1.54) is 0 Å². The predicted molar refractivity (Wildman–Crippen MR) is 70.9 cm³/mol. The van der Waals surface area contributed by atoms with E-state index in [0.29, 0.717) is 0 Å². The highest BCUT2D eigenvalue weighted by Crippen LogP contribution is 2.37. The van der Waals surface area contributed by atoms with E-state index in [4.69, 9.17) is 0 Å². The van der Waals surface area contributed by atoms with Crippen molar-refractivity contribution in [2.45, 2.75) is 25.4 Å². The van der Waals surface area contributed by atoms with Crippen molar-refractivity contribution in [3.63, 3.8) is 0 Å².